The molecule has 1 aromatic rings. The number of methoxy groups -OCH3 is 1. The molecule has 0 bridgehead atoms. The predicted octanol–water partition coefficient (Wildman–Crippen LogP) is 2.21. The van der Waals surface area contributed by atoms with Crippen LogP contribution < -0.4 is 4.72 Å². The highest BCUT2D eigenvalue weighted by atomic mass is 32.2. The van der Waals surface area contributed by atoms with Gasteiger partial charge in [0.2, 0.25) is 15.9 Å². The second kappa shape index (κ2) is 10.5. The van der Waals surface area contributed by atoms with Crippen molar-refractivity contribution in [1.82, 2.24) is 9.62 Å². The standard InChI is InChI=1S/C21H28N2O7S2/c1-14-7-8-15(32(27,28)22-21(2,3)4)11-16(14)20(26)30-10-6-9-23-17(24)13-31-18(23)12-19(25)29-5/h7-8,11-12,22H,6,9-10,13H2,1-5H3/b18-12+. The third kappa shape index (κ3) is 7.07. The summed E-state index contributed by atoms with van der Waals surface area (Å²) in [6, 6.07) is 4.29. The fourth-order valence-corrected chi connectivity index (χ4v) is 5.24. The number of carbonyl (C=O) groups is 3. The Morgan fingerprint density at radius 2 is 1.97 bits per heavy atom. The maximum atomic E-state index is 12.6. The van der Waals surface area contributed by atoms with Crippen LogP contribution in [-0.2, 0) is 29.1 Å². The number of hydrogen-bond acceptors (Lipinski definition) is 8. The summed E-state index contributed by atoms with van der Waals surface area (Å²) in [7, 11) is -2.54. The molecule has 1 amide bonds. The third-order valence-electron chi connectivity index (χ3n) is 4.29. The topological polar surface area (TPSA) is 119 Å². The first-order valence-corrected chi connectivity index (χ1v) is 12.4. The Bertz CT molecular complexity index is 1030. The highest BCUT2D eigenvalue weighted by Gasteiger charge is 2.27. The van der Waals surface area contributed by atoms with E-state index < -0.39 is 27.5 Å². The summed E-state index contributed by atoms with van der Waals surface area (Å²) in [5, 5.41) is 0.494. The summed E-state index contributed by atoms with van der Waals surface area (Å²) in [5.41, 5.74) is 0.0663. The normalized spacial score (nSPS) is 15.8. The van der Waals surface area contributed by atoms with Gasteiger partial charge in [-0.15, -0.1) is 0 Å². The van der Waals surface area contributed by atoms with Crippen LogP contribution in [0.5, 0.6) is 0 Å². The third-order valence-corrected chi connectivity index (χ3v) is 7.07. The van der Waals surface area contributed by atoms with Crippen molar-refractivity contribution in [2.45, 2.75) is 44.6 Å². The van der Waals surface area contributed by atoms with E-state index in [9.17, 15) is 22.8 Å². The van der Waals surface area contributed by atoms with Crippen molar-refractivity contribution in [1.29, 1.82) is 0 Å². The molecule has 1 saturated heterocycles. The molecule has 0 aromatic heterocycles. The Labute approximate surface area is 192 Å². The Morgan fingerprint density at radius 3 is 2.59 bits per heavy atom. The number of ether oxygens (including phenoxy) is 2. The van der Waals surface area contributed by atoms with Crippen LogP contribution in [-0.4, -0.2) is 62.7 Å². The van der Waals surface area contributed by atoms with E-state index in [-0.39, 0.29) is 35.3 Å². The number of nitrogens with zero attached hydrogens (tertiary/aromatic N) is 1. The molecular formula is C21H28N2O7S2. The van der Waals surface area contributed by atoms with Gasteiger partial charge >= 0.3 is 11.9 Å². The Hall–Kier alpha value is -2.37. The zero-order valence-corrected chi connectivity index (χ0v) is 20.4. The van der Waals surface area contributed by atoms with E-state index in [1.807, 2.05) is 0 Å². The van der Waals surface area contributed by atoms with Crippen LogP contribution in [0.1, 0.15) is 43.1 Å². The molecule has 176 valence electrons. The first-order chi connectivity index (χ1) is 14.8. The van der Waals surface area contributed by atoms with E-state index in [0.29, 0.717) is 17.0 Å². The van der Waals surface area contributed by atoms with Crippen molar-refractivity contribution in [3.05, 3.63) is 40.4 Å². The number of esters is 2. The maximum absolute atomic E-state index is 12.6. The van der Waals surface area contributed by atoms with Gasteiger partial charge in [-0.2, -0.15) is 0 Å². The molecule has 1 heterocycles. The van der Waals surface area contributed by atoms with Gasteiger partial charge in [0.25, 0.3) is 0 Å². The molecule has 2 rings (SSSR count). The van der Waals surface area contributed by atoms with Gasteiger partial charge in [-0.3, -0.25) is 4.79 Å². The van der Waals surface area contributed by atoms with Crippen molar-refractivity contribution in [3.63, 3.8) is 0 Å². The van der Waals surface area contributed by atoms with Crippen LogP contribution in [0.2, 0.25) is 0 Å². The van der Waals surface area contributed by atoms with Gasteiger partial charge < -0.3 is 14.4 Å². The number of amides is 1. The van der Waals surface area contributed by atoms with Crippen molar-refractivity contribution in [3.8, 4) is 0 Å². The van der Waals surface area contributed by atoms with Gasteiger partial charge in [0.1, 0.15) is 0 Å². The lowest BCUT2D eigenvalue weighted by molar-refractivity contribution is -0.134. The van der Waals surface area contributed by atoms with Crippen LogP contribution >= 0.6 is 11.8 Å². The summed E-state index contributed by atoms with van der Waals surface area (Å²) in [4.78, 5) is 37.4. The first-order valence-electron chi connectivity index (χ1n) is 9.88. The lowest BCUT2D eigenvalue weighted by Gasteiger charge is -2.20. The Balaban J connectivity index is 2.01. The van der Waals surface area contributed by atoms with E-state index in [1.54, 1.807) is 33.8 Å². The van der Waals surface area contributed by atoms with Gasteiger partial charge in [0.05, 0.1) is 41.0 Å². The van der Waals surface area contributed by atoms with Crippen LogP contribution in [0.3, 0.4) is 0 Å². The predicted molar refractivity (Wildman–Crippen MR) is 120 cm³/mol. The number of hydrogen-bond donors (Lipinski definition) is 1. The summed E-state index contributed by atoms with van der Waals surface area (Å²) in [5.74, 6) is -1.12. The summed E-state index contributed by atoms with van der Waals surface area (Å²) in [6.07, 6.45) is 1.60. The molecule has 32 heavy (non-hydrogen) atoms. The Morgan fingerprint density at radius 1 is 1.28 bits per heavy atom. The van der Waals surface area contributed by atoms with Crippen LogP contribution in [0.4, 0.5) is 0 Å². The minimum atomic E-state index is -3.80. The van der Waals surface area contributed by atoms with E-state index in [1.165, 1.54) is 42.0 Å². The number of nitrogens with one attached hydrogen (secondary N) is 1. The van der Waals surface area contributed by atoms with Crippen LogP contribution in [0, 0.1) is 6.92 Å². The fraction of sp³-hybridized carbons (Fsp3) is 0.476. The lowest BCUT2D eigenvalue weighted by Crippen LogP contribution is -2.40. The number of thioether (sulfide) groups is 1. The second-order valence-electron chi connectivity index (χ2n) is 8.16. The zero-order valence-electron chi connectivity index (χ0n) is 18.8. The second-order valence-corrected chi connectivity index (χ2v) is 10.8. The summed E-state index contributed by atoms with van der Waals surface area (Å²) in [6.45, 7) is 7.16. The van der Waals surface area contributed by atoms with Gasteiger partial charge in [-0.25, -0.2) is 22.7 Å². The van der Waals surface area contributed by atoms with Gasteiger partial charge in [-0.1, -0.05) is 17.8 Å². The summed E-state index contributed by atoms with van der Waals surface area (Å²) < 4.78 is 37.6. The molecule has 1 aromatic carbocycles. The quantitative estimate of drug-likeness (QED) is 0.339. The highest BCUT2D eigenvalue weighted by molar-refractivity contribution is 8.04. The SMILES string of the molecule is COC(=O)/C=C1/SCC(=O)N1CCCOC(=O)c1cc(S(=O)(=O)NC(C)(C)C)ccc1C. The molecule has 1 aliphatic rings. The van der Waals surface area contributed by atoms with Crippen molar-refractivity contribution < 1.29 is 32.3 Å². The zero-order chi connectivity index (χ0) is 24.1. The molecule has 1 N–H and O–H groups in total. The highest BCUT2D eigenvalue weighted by Crippen LogP contribution is 2.29. The van der Waals surface area contributed by atoms with Crippen molar-refractivity contribution in [2.24, 2.45) is 0 Å². The summed E-state index contributed by atoms with van der Waals surface area (Å²) >= 11 is 1.24. The average Bonchev–Trinajstić information content (AvgIpc) is 3.02. The first kappa shape index (κ1) is 25.9. The smallest absolute Gasteiger partial charge is 0.338 e. The number of rotatable bonds is 8. The van der Waals surface area contributed by atoms with E-state index in [2.05, 4.69) is 9.46 Å². The van der Waals surface area contributed by atoms with E-state index in [0.717, 1.165) is 0 Å². The molecule has 0 spiro atoms. The minimum absolute atomic E-state index is 0.0233. The molecule has 11 heteroatoms. The van der Waals surface area contributed by atoms with Gasteiger partial charge in [-0.05, 0) is 51.8 Å². The fourth-order valence-electron chi connectivity index (χ4n) is 2.84. The monoisotopic (exact) mass is 484 g/mol. The molecule has 0 saturated carbocycles. The molecule has 1 aliphatic heterocycles. The molecule has 0 atom stereocenters. The lowest BCUT2D eigenvalue weighted by atomic mass is 10.1. The largest absolute Gasteiger partial charge is 0.466 e. The van der Waals surface area contributed by atoms with Gasteiger partial charge in [0.15, 0.2) is 0 Å². The molecule has 0 unspecified atom stereocenters. The van der Waals surface area contributed by atoms with Crippen LogP contribution in [0.15, 0.2) is 34.2 Å². The average molecular weight is 485 g/mol. The van der Waals surface area contributed by atoms with E-state index >= 15 is 0 Å². The Kier molecular flexibility index (Phi) is 8.49. The molecule has 0 radical (unpaired) electrons. The number of benzene rings is 1. The minimum Gasteiger partial charge on any atom is -0.466 e. The molecule has 9 nitrogen and oxygen atoms in total. The van der Waals surface area contributed by atoms with Crippen molar-refractivity contribution >= 4 is 39.6 Å². The molecule has 1 fully saturated rings. The van der Waals surface area contributed by atoms with E-state index in [4.69, 9.17) is 4.74 Å². The molecular weight excluding hydrogens is 456 g/mol. The number of sulfonamides is 1. The number of aryl methyl sites for hydroxylation is 1. The van der Waals surface area contributed by atoms with Crippen molar-refractivity contribution in [2.75, 3.05) is 26.0 Å². The molecule has 0 aliphatic carbocycles. The van der Waals surface area contributed by atoms with Gasteiger partial charge in [0, 0.05) is 12.1 Å². The maximum Gasteiger partial charge on any atom is 0.338 e. The van der Waals surface area contributed by atoms with Crippen LogP contribution in [0.25, 0.3) is 0 Å². The number of carbonyl (C=O) groups excluding carboxylic acids is 3.